The highest BCUT2D eigenvalue weighted by atomic mass is 16.5. The van der Waals surface area contributed by atoms with Gasteiger partial charge in [-0.2, -0.15) is 0 Å². The zero-order chi connectivity index (χ0) is 8.27. The quantitative estimate of drug-likeness (QED) is 0.587. The number of carbonyl (C=O) groups excluding carboxylic acids is 1. The molecule has 1 N–H and O–H groups in total. The summed E-state index contributed by atoms with van der Waals surface area (Å²) < 4.78 is 5.45. The summed E-state index contributed by atoms with van der Waals surface area (Å²) in [6.07, 6.45) is 1.49. The third-order valence-corrected chi connectivity index (χ3v) is 1.99. The van der Waals surface area contributed by atoms with Crippen LogP contribution in [0.25, 0.3) is 0 Å². The Hall–Kier alpha value is -0.410. The van der Waals surface area contributed by atoms with E-state index in [-0.39, 0.29) is 6.10 Å². The van der Waals surface area contributed by atoms with Gasteiger partial charge in [0.25, 0.3) is 0 Å². The Morgan fingerprint density at radius 3 is 2.91 bits per heavy atom. The lowest BCUT2D eigenvalue weighted by Crippen LogP contribution is -2.51. The van der Waals surface area contributed by atoms with Crippen LogP contribution in [0.4, 0.5) is 0 Å². The lowest BCUT2D eigenvalue weighted by atomic mass is 10.1. The number of carbonyl (C=O) groups is 1. The van der Waals surface area contributed by atoms with E-state index < -0.39 is 0 Å². The number of nitrogens with one attached hydrogen (secondary N) is 1. The van der Waals surface area contributed by atoms with Crippen LogP contribution >= 0.6 is 0 Å². The van der Waals surface area contributed by atoms with E-state index in [9.17, 15) is 4.79 Å². The minimum Gasteiger partial charge on any atom is -0.375 e. The van der Waals surface area contributed by atoms with Crippen LogP contribution in [0.15, 0.2) is 0 Å². The fraction of sp³-hybridized carbons (Fsp3) is 0.875. The van der Waals surface area contributed by atoms with Crippen LogP contribution in [-0.2, 0) is 9.53 Å². The van der Waals surface area contributed by atoms with Gasteiger partial charge in [-0.3, -0.25) is 0 Å². The molecular formula is C8H15NO2. The van der Waals surface area contributed by atoms with Crippen LogP contribution in [0, 0.1) is 0 Å². The van der Waals surface area contributed by atoms with Gasteiger partial charge in [0.2, 0.25) is 0 Å². The molecule has 0 aliphatic carbocycles. The Morgan fingerprint density at radius 1 is 1.64 bits per heavy atom. The highest BCUT2D eigenvalue weighted by Crippen LogP contribution is 2.09. The van der Waals surface area contributed by atoms with E-state index >= 15 is 0 Å². The van der Waals surface area contributed by atoms with Crippen molar-refractivity contribution in [3.8, 4) is 0 Å². The summed E-state index contributed by atoms with van der Waals surface area (Å²) in [5.41, 5.74) is 0. The molecule has 0 amide bonds. The van der Waals surface area contributed by atoms with Gasteiger partial charge < -0.3 is 14.8 Å². The summed E-state index contributed by atoms with van der Waals surface area (Å²) in [5, 5.41) is 3.33. The summed E-state index contributed by atoms with van der Waals surface area (Å²) in [6.45, 7) is 4.83. The van der Waals surface area contributed by atoms with Crippen LogP contribution in [0.1, 0.15) is 20.3 Å². The lowest BCUT2D eigenvalue weighted by Gasteiger charge is -2.33. The first-order valence-corrected chi connectivity index (χ1v) is 4.05. The van der Waals surface area contributed by atoms with Crippen molar-refractivity contribution >= 4 is 6.29 Å². The van der Waals surface area contributed by atoms with Crippen molar-refractivity contribution in [3.05, 3.63) is 0 Å². The molecule has 0 saturated carbocycles. The second kappa shape index (κ2) is 3.83. The summed E-state index contributed by atoms with van der Waals surface area (Å²) in [7, 11) is 0. The molecule has 0 aromatic rings. The highest BCUT2D eigenvalue weighted by Gasteiger charge is 2.24. The standard InChI is InChI=1S/C8H15NO2/c1-6-5-11-8(3-4-10)7(2)9-6/h4,6-9H,3,5H2,1-2H3. The molecule has 0 aromatic carbocycles. The SMILES string of the molecule is CC1COC(CC=O)C(C)N1. The first kappa shape index (κ1) is 8.68. The van der Waals surface area contributed by atoms with Crippen LogP contribution in [0.5, 0.6) is 0 Å². The predicted octanol–water partition coefficient (Wildman–Crippen LogP) is 0.341. The molecule has 3 atom stereocenters. The normalized spacial score (nSPS) is 38.5. The molecule has 3 nitrogen and oxygen atoms in total. The Labute approximate surface area is 67.1 Å². The fourth-order valence-corrected chi connectivity index (χ4v) is 1.38. The second-order valence-electron chi connectivity index (χ2n) is 3.13. The van der Waals surface area contributed by atoms with E-state index in [0.29, 0.717) is 25.1 Å². The molecule has 1 aliphatic rings. The Balaban J connectivity index is 2.37. The van der Waals surface area contributed by atoms with Crippen molar-refractivity contribution in [1.29, 1.82) is 0 Å². The van der Waals surface area contributed by atoms with E-state index in [0.717, 1.165) is 6.29 Å². The predicted molar refractivity (Wildman–Crippen MR) is 42.5 cm³/mol. The molecule has 1 aliphatic heterocycles. The highest BCUT2D eigenvalue weighted by molar-refractivity contribution is 5.50. The lowest BCUT2D eigenvalue weighted by molar-refractivity contribution is -0.112. The maximum Gasteiger partial charge on any atom is 0.122 e. The van der Waals surface area contributed by atoms with Crippen LogP contribution in [-0.4, -0.2) is 31.1 Å². The Morgan fingerprint density at radius 2 is 2.36 bits per heavy atom. The van der Waals surface area contributed by atoms with Crippen molar-refractivity contribution < 1.29 is 9.53 Å². The fourth-order valence-electron chi connectivity index (χ4n) is 1.38. The number of hydrogen-bond donors (Lipinski definition) is 1. The average Bonchev–Trinajstić information content (AvgIpc) is 1.95. The van der Waals surface area contributed by atoms with Gasteiger partial charge in [0.15, 0.2) is 0 Å². The van der Waals surface area contributed by atoms with Gasteiger partial charge in [-0.1, -0.05) is 0 Å². The minimum atomic E-state index is 0.0729. The number of ether oxygens (including phenoxy) is 1. The molecule has 0 radical (unpaired) electrons. The van der Waals surface area contributed by atoms with Gasteiger partial charge in [0.1, 0.15) is 6.29 Å². The van der Waals surface area contributed by atoms with E-state index in [1.807, 2.05) is 6.92 Å². The number of aldehydes is 1. The largest absolute Gasteiger partial charge is 0.375 e. The van der Waals surface area contributed by atoms with E-state index in [4.69, 9.17) is 4.74 Å². The third kappa shape index (κ3) is 2.27. The van der Waals surface area contributed by atoms with Crippen LogP contribution in [0.3, 0.4) is 0 Å². The van der Waals surface area contributed by atoms with E-state index in [1.165, 1.54) is 0 Å². The second-order valence-corrected chi connectivity index (χ2v) is 3.13. The van der Waals surface area contributed by atoms with Crippen molar-refractivity contribution in [3.63, 3.8) is 0 Å². The molecule has 0 aromatic heterocycles. The smallest absolute Gasteiger partial charge is 0.122 e. The number of rotatable bonds is 2. The van der Waals surface area contributed by atoms with E-state index in [1.54, 1.807) is 0 Å². The summed E-state index contributed by atoms with van der Waals surface area (Å²) in [5.74, 6) is 0. The Bertz CT molecular complexity index is 138. The summed E-state index contributed by atoms with van der Waals surface area (Å²) in [6, 6.07) is 0.705. The zero-order valence-electron chi connectivity index (χ0n) is 7.04. The molecule has 64 valence electrons. The van der Waals surface area contributed by atoms with Crippen LogP contribution in [0.2, 0.25) is 0 Å². The summed E-state index contributed by atoms with van der Waals surface area (Å²) in [4.78, 5) is 10.2. The van der Waals surface area contributed by atoms with Crippen LogP contribution < -0.4 is 5.32 Å². The number of morpholine rings is 1. The van der Waals surface area contributed by atoms with Gasteiger partial charge in [-0.05, 0) is 13.8 Å². The average molecular weight is 157 g/mol. The molecule has 1 rings (SSSR count). The maximum absolute atomic E-state index is 10.2. The van der Waals surface area contributed by atoms with Crippen molar-refractivity contribution in [2.45, 2.75) is 38.5 Å². The van der Waals surface area contributed by atoms with Gasteiger partial charge in [0.05, 0.1) is 12.7 Å². The molecule has 11 heavy (non-hydrogen) atoms. The Kier molecular flexibility index (Phi) is 3.02. The van der Waals surface area contributed by atoms with Crippen molar-refractivity contribution in [2.75, 3.05) is 6.61 Å². The molecule has 0 bridgehead atoms. The molecule has 1 heterocycles. The molecule has 1 fully saturated rings. The monoisotopic (exact) mass is 157 g/mol. The number of hydrogen-bond acceptors (Lipinski definition) is 3. The third-order valence-electron chi connectivity index (χ3n) is 1.99. The zero-order valence-corrected chi connectivity index (χ0v) is 7.04. The van der Waals surface area contributed by atoms with Gasteiger partial charge in [-0.25, -0.2) is 0 Å². The van der Waals surface area contributed by atoms with E-state index in [2.05, 4.69) is 12.2 Å². The van der Waals surface area contributed by atoms with Gasteiger partial charge in [0, 0.05) is 18.5 Å². The molecular weight excluding hydrogens is 142 g/mol. The first-order chi connectivity index (χ1) is 5.24. The van der Waals surface area contributed by atoms with Gasteiger partial charge in [-0.15, -0.1) is 0 Å². The topological polar surface area (TPSA) is 38.3 Å². The first-order valence-electron chi connectivity index (χ1n) is 4.05. The van der Waals surface area contributed by atoms with Gasteiger partial charge >= 0.3 is 0 Å². The van der Waals surface area contributed by atoms with Crippen molar-refractivity contribution in [1.82, 2.24) is 5.32 Å². The molecule has 0 spiro atoms. The molecule has 3 heteroatoms. The molecule has 3 unspecified atom stereocenters. The summed E-state index contributed by atoms with van der Waals surface area (Å²) >= 11 is 0. The maximum atomic E-state index is 10.2. The van der Waals surface area contributed by atoms with Crippen molar-refractivity contribution in [2.24, 2.45) is 0 Å². The minimum absolute atomic E-state index is 0.0729. The molecule has 1 saturated heterocycles.